The number of amides is 1. The van der Waals surface area contributed by atoms with E-state index in [9.17, 15) is 9.59 Å². The lowest BCUT2D eigenvalue weighted by atomic mass is 9.95. The highest BCUT2D eigenvalue weighted by Crippen LogP contribution is 2.49. The van der Waals surface area contributed by atoms with E-state index in [2.05, 4.69) is 5.32 Å². The number of rotatable bonds is 7. The Morgan fingerprint density at radius 3 is 2.40 bits per heavy atom. The van der Waals surface area contributed by atoms with Crippen LogP contribution >= 0.6 is 0 Å². The first-order valence-electron chi connectivity index (χ1n) is 10.4. The molecule has 0 unspecified atom stereocenters. The summed E-state index contributed by atoms with van der Waals surface area (Å²) in [7, 11) is 0. The van der Waals surface area contributed by atoms with Crippen molar-refractivity contribution in [1.29, 1.82) is 0 Å². The molecule has 6 nitrogen and oxygen atoms in total. The number of carbonyl (C=O) groups is 2. The third-order valence-corrected chi connectivity index (χ3v) is 5.71. The summed E-state index contributed by atoms with van der Waals surface area (Å²) in [6.07, 6.45) is 1.51. The third-order valence-electron chi connectivity index (χ3n) is 5.71. The van der Waals surface area contributed by atoms with E-state index in [4.69, 9.17) is 14.2 Å². The summed E-state index contributed by atoms with van der Waals surface area (Å²) in [5.74, 6) is 0.892. The minimum Gasteiger partial charge on any atom is -0.486 e. The quantitative estimate of drug-likeness (QED) is 0.708. The highest BCUT2D eigenvalue weighted by Gasteiger charge is 2.52. The van der Waals surface area contributed by atoms with Gasteiger partial charge in [-0.3, -0.25) is 9.59 Å². The standard InChI is InChI=1S/C24H27NO5/c1-16(2)22(17-8-9-19-20(14-17)29-13-12-28-19)25-21(26)15-30-23(27)24(10-11-24)18-6-4-3-5-7-18/h3-9,14,16,22H,10-13,15H2,1-2H3,(H,25,26)/t22-/m1/s1. The van der Waals surface area contributed by atoms with E-state index in [1.807, 2.05) is 62.4 Å². The fourth-order valence-corrected chi connectivity index (χ4v) is 3.87. The van der Waals surface area contributed by atoms with Crippen molar-refractivity contribution in [2.24, 2.45) is 5.92 Å². The van der Waals surface area contributed by atoms with Crippen LogP contribution in [0.15, 0.2) is 48.5 Å². The van der Waals surface area contributed by atoms with Crippen molar-refractivity contribution in [1.82, 2.24) is 5.32 Å². The van der Waals surface area contributed by atoms with Crippen LogP contribution in [0.25, 0.3) is 0 Å². The summed E-state index contributed by atoms with van der Waals surface area (Å²) < 4.78 is 16.6. The van der Waals surface area contributed by atoms with Crippen LogP contribution in [0.4, 0.5) is 0 Å². The zero-order valence-corrected chi connectivity index (χ0v) is 17.4. The molecule has 0 spiro atoms. The van der Waals surface area contributed by atoms with Gasteiger partial charge in [0.05, 0.1) is 11.5 Å². The monoisotopic (exact) mass is 409 g/mol. The molecule has 0 radical (unpaired) electrons. The summed E-state index contributed by atoms with van der Waals surface area (Å²) >= 11 is 0. The van der Waals surface area contributed by atoms with E-state index in [1.54, 1.807) is 0 Å². The first-order chi connectivity index (χ1) is 14.5. The van der Waals surface area contributed by atoms with Gasteiger partial charge in [-0.2, -0.15) is 0 Å². The van der Waals surface area contributed by atoms with Crippen LogP contribution in [0.2, 0.25) is 0 Å². The van der Waals surface area contributed by atoms with Gasteiger partial charge in [0.25, 0.3) is 5.91 Å². The second-order valence-electron chi connectivity index (χ2n) is 8.22. The van der Waals surface area contributed by atoms with E-state index in [1.165, 1.54) is 0 Å². The van der Waals surface area contributed by atoms with Crippen LogP contribution in [0.1, 0.15) is 43.9 Å². The minimum absolute atomic E-state index is 0.145. The van der Waals surface area contributed by atoms with Crippen molar-refractivity contribution in [2.45, 2.75) is 38.1 Å². The first kappa shape index (κ1) is 20.3. The molecule has 1 atom stereocenters. The van der Waals surface area contributed by atoms with E-state index >= 15 is 0 Å². The lowest BCUT2D eigenvalue weighted by Crippen LogP contribution is -2.36. The molecule has 30 heavy (non-hydrogen) atoms. The van der Waals surface area contributed by atoms with E-state index < -0.39 is 5.41 Å². The maximum Gasteiger partial charge on any atom is 0.317 e. The second-order valence-corrected chi connectivity index (χ2v) is 8.22. The van der Waals surface area contributed by atoms with Gasteiger partial charge in [0.15, 0.2) is 18.1 Å². The third kappa shape index (κ3) is 4.13. The Kier molecular flexibility index (Phi) is 5.66. The molecular weight excluding hydrogens is 382 g/mol. The van der Waals surface area contributed by atoms with Gasteiger partial charge in [0.2, 0.25) is 0 Å². The predicted molar refractivity (Wildman–Crippen MR) is 111 cm³/mol. The Morgan fingerprint density at radius 2 is 1.73 bits per heavy atom. The zero-order chi connectivity index (χ0) is 21.1. The molecule has 1 aliphatic carbocycles. The van der Waals surface area contributed by atoms with Crippen LogP contribution in [-0.4, -0.2) is 31.7 Å². The SMILES string of the molecule is CC(C)[C@@H](NC(=O)COC(=O)C1(c2ccccc2)CC1)c1ccc2c(c1)OCCO2. The number of fused-ring (bicyclic) bond motifs is 1. The van der Waals surface area contributed by atoms with Crippen molar-refractivity contribution in [2.75, 3.05) is 19.8 Å². The number of nitrogens with one attached hydrogen (secondary N) is 1. The van der Waals surface area contributed by atoms with Crippen molar-refractivity contribution >= 4 is 11.9 Å². The molecule has 6 heteroatoms. The highest BCUT2D eigenvalue weighted by atomic mass is 16.6. The van der Waals surface area contributed by atoms with Crippen LogP contribution in [0.5, 0.6) is 11.5 Å². The summed E-state index contributed by atoms with van der Waals surface area (Å²) in [4.78, 5) is 25.2. The highest BCUT2D eigenvalue weighted by molar-refractivity contribution is 5.89. The van der Waals surface area contributed by atoms with Gasteiger partial charge in [-0.25, -0.2) is 0 Å². The van der Waals surface area contributed by atoms with Crippen molar-refractivity contribution in [3.8, 4) is 11.5 Å². The molecule has 1 N–H and O–H groups in total. The molecule has 1 heterocycles. The van der Waals surface area contributed by atoms with Crippen molar-refractivity contribution in [3.63, 3.8) is 0 Å². The molecule has 4 rings (SSSR count). The van der Waals surface area contributed by atoms with Gasteiger partial charge >= 0.3 is 5.97 Å². The fraction of sp³-hybridized carbons (Fsp3) is 0.417. The molecule has 0 saturated heterocycles. The number of esters is 1. The summed E-state index contributed by atoms with van der Waals surface area (Å²) in [5, 5.41) is 2.99. The Hall–Kier alpha value is -3.02. The molecule has 0 bridgehead atoms. The number of hydrogen-bond acceptors (Lipinski definition) is 5. The predicted octanol–water partition coefficient (Wildman–Crippen LogP) is 3.55. The fourth-order valence-electron chi connectivity index (χ4n) is 3.87. The molecule has 1 amide bonds. The summed E-state index contributed by atoms with van der Waals surface area (Å²) in [6.45, 7) is 4.81. The lowest BCUT2D eigenvalue weighted by Gasteiger charge is -2.25. The van der Waals surface area contributed by atoms with Crippen LogP contribution in [0, 0.1) is 5.92 Å². The van der Waals surface area contributed by atoms with Crippen LogP contribution in [0.3, 0.4) is 0 Å². The van der Waals surface area contributed by atoms with Gasteiger partial charge in [-0.05, 0) is 42.0 Å². The van der Waals surface area contributed by atoms with Gasteiger partial charge < -0.3 is 19.5 Å². The molecule has 158 valence electrons. The Bertz CT molecular complexity index is 920. The first-order valence-corrected chi connectivity index (χ1v) is 10.4. The second kappa shape index (κ2) is 8.38. The summed E-state index contributed by atoms with van der Waals surface area (Å²) in [5.41, 5.74) is 1.29. The van der Waals surface area contributed by atoms with Gasteiger partial charge in [-0.15, -0.1) is 0 Å². The van der Waals surface area contributed by atoms with Crippen LogP contribution in [-0.2, 0) is 19.7 Å². The van der Waals surface area contributed by atoms with Gasteiger partial charge in [0.1, 0.15) is 13.2 Å². The van der Waals surface area contributed by atoms with Gasteiger partial charge in [0, 0.05) is 0 Å². The van der Waals surface area contributed by atoms with Crippen molar-refractivity contribution in [3.05, 3.63) is 59.7 Å². The Balaban J connectivity index is 1.38. The van der Waals surface area contributed by atoms with E-state index in [-0.39, 0.29) is 30.4 Å². The average molecular weight is 409 g/mol. The normalized spacial score (nSPS) is 17.2. The van der Waals surface area contributed by atoms with Crippen molar-refractivity contribution < 1.29 is 23.8 Å². The minimum atomic E-state index is -0.588. The maximum absolute atomic E-state index is 12.6. The molecule has 1 aliphatic heterocycles. The molecule has 2 aromatic rings. The number of hydrogen-bond donors (Lipinski definition) is 1. The van der Waals surface area contributed by atoms with Gasteiger partial charge in [-0.1, -0.05) is 50.2 Å². The topological polar surface area (TPSA) is 73.9 Å². The number of benzene rings is 2. The smallest absolute Gasteiger partial charge is 0.317 e. The maximum atomic E-state index is 12.6. The van der Waals surface area contributed by atoms with Crippen LogP contribution < -0.4 is 14.8 Å². The number of ether oxygens (including phenoxy) is 3. The lowest BCUT2D eigenvalue weighted by molar-refractivity contribution is -0.151. The largest absolute Gasteiger partial charge is 0.486 e. The van der Waals surface area contributed by atoms with E-state index in [0.717, 1.165) is 24.0 Å². The Morgan fingerprint density at radius 1 is 1.03 bits per heavy atom. The van der Waals surface area contributed by atoms with E-state index in [0.29, 0.717) is 24.7 Å². The average Bonchev–Trinajstić information content (AvgIpc) is 3.58. The number of carbonyl (C=O) groups excluding carboxylic acids is 2. The zero-order valence-electron chi connectivity index (χ0n) is 17.4. The molecular formula is C24H27NO5. The molecule has 1 saturated carbocycles. The summed E-state index contributed by atoms with van der Waals surface area (Å²) in [6, 6.07) is 15.1. The molecule has 0 aromatic heterocycles. The Labute approximate surface area is 176 Å². The molecule has 2 aromatic carbocycles. The molecule has 1 fully saturated rings. The molecule has 2 aliphatic rings.